The van der Waals surface area contributed by atoms with Crippen molar-refractivity contribution in [1.82, 2.24) is 0 Å². The quantitative estimate of drug-likeness (QED) is 0.348. The summed E-state index contributed by atoms with van der Waals surface area (Å²) < 4.78 is 5.41. The molecule has 1 unspecified atom stereocenters. The number of carbonyl (C=O) groups excluding carboxylic acids is 2. The van der Waals surface area contributed by atoms with Crippen LogP contribution in [0.4, 0.5) is 0 Å². The Morgan fingerprint density at radius 2 is 1.45 bits per heavy atom. The summed E-state index contributed by atoms with van der Waals surface area (Å²) in [6.45, 7) is 0.218. The lowest BCUT2D eigenvalue weighted by Gasteiger charge is -2.15. The first kappa shape index (κ1) is 20.5. The molecule has 31 heavy (non-hydrogen) atoms. The monoisotopic (exact) mass is 409 g/mol. The zero-order chi connectivity index (χ0) is 21.6. The van der Waals surface area contributed by atoms with Crippen molar-refractivity contribution >= 4 is 22.5 Å². The van der Waals surface area contributed by atoms with Gasteiger partial charge in [-0.1, -0.05) is 72.8 Å². The zero-order valence-corrected chi connectivity index (χ0v) is 17.0. The van der Waals surface area contributed by atoms with Gasteiger partial charge in [0.15, 0.2) is 0 Å². The molecule has 0 radical (unpaired) electrons. The summed E-state index contributed by atoms with van der Waals surface area (Å²) in [7, 11) is 0. The predicted molar refractivity (Wildman–Crippen MR) is 122 cm³/mol. The second-order valence-electron chi connectivity index (χ2n) is 7.44. The van der Waals surface area contributed by atoms with E-state index in [1.807, 2.05) is 42.5 Å². The van der Waals surface area contributed by atoms with Gasteiger partial charge in [0.1, 0.15) is 11.5 Å². The molecule has 2 N–H and O–H groups in total. The van der Waals surface area contributed by atoms with Gasteiger partial charge < -0.3 is 10.5 Å². The van der Waals surface area contributed by atoms with E-state index in [0.717, 1.165) is 21.9 Å². The fourth-order valence-corrected chi connectivity index (χ4v) is 3.63. The number of benzene rings is 4. The van der Waals surface area contributed by atoms with Gasteiger partial charge in [0.25, 0.3) is 0 Å². The van der Waals surface area contributed by atoms with Crippen LogP contribution in [0.1, 0.15) is 27.4 Å². The Morgan fingerprint density at radius 3 is 2.16 bits per heavy atom. The summed E-state index contributed by atoms with van der Waals surface area (Å²) in [6.07, 6.45) is 0.317. The third-order valence-corrected chi connectivity index (χ3v) is 5.32. The van der Waals surface area contributed by atoms with Gasteiger partial charge in [-0.3, -0.25) is 4.79 Å². The third kappa shape index (κ3) is 4.87. The van der Waals surface area contributed by atoms with E-state index < -0.39 is 11.9 Å². The molecule has 0 spiro atoms. The van der Waals surface area contributed by atoms with Crippen LogP contribution in [0.3, 0.4) is 0 Å². The number of ketones is 1. The number of rotatable bonds is 7. The second kappa shape index (κ2) is 9.37. The standard InChI is InChI=1S/C27H23NO3/c28-18-25(26(29)17-19-10-11-20-6-4-5-9-23(20)16-19)21-12-14-24(15-13-21)31-27(30)22-7-2-1-3-8-22/h1-16,25H,17-18,28H2. The predicted octanol–water partition coefficient (Wildman–Crippen LogP) is 4.91. The first-order valence-electron chi connectivity index (χ1n) is 10.2. The highest BCUT2D eigenvalue weighted by molar-refractivity contribution is 5.91. The highest BCUT2D eigenvalue weighted by Crippen LogP contribution is 2.23. The number of fused-ring (bicyclic) bond motifs is 1. The normalized spacial score (nSPS) is 11.8. The Labute approximate surface area is 181 Å². The van der Waals surface area contributed by atoms with Crippen molar-refractivity contribution < 1.29 is 14.3 Å². The van der Waals surface area contributed by atoms with E-state index in [1.54, 1.807) is 48.5 Å². The lowest BCUT2D eigenvalue weighted by molar-refractivity contribution is -0.119. The van der Waals surface area contributed by atoms with Gasteiger partial charge in [-0.05, 0) is 46.2 Å². The third-order valence-electron chi connectivity index (χ3n) is 5.32. The van der Waals surface area contributed by atoms with Crippen LogP contribution >= 0.6 is 0 Å². The van der Waals surface area contributed by atoms with Crippen LogP contribution in [0.2, 0.25) is 0 Å². The molecule has 154 valence electrons. The number of hydrogen-bond acceptors (Lipinski definition) is 4. The molecule has 4 heteroatoms. The second-order valence-corrected chi connectivity index (χ2v) is 7.44. The number of esters is 1. The van der Waals surface area contributed by atoms with Crippen LogP contribution in [0.25, 0.3) is 10.8 Å². The molecule has 0 bridgehead atoms. The fourth-order valence-electron chi connectivity index (χ4n) is 3.63. The minimum atomic E-state index is -0.420. The molecule has 0 fully saturated rings. The molecule has 0 saturated carbocycles. The van der Waals surface area contributed by atoms with Gasteiger partial charge in [0, 0.05) is 13.0 Å². The van der Waals surface area contributed by atoms with Crippen molar-refractivity contribution in [1.29, 1.82) is 0 Å². The fraction of sp³-hybridized carbons (Fsp3) is 0.111. The summed E-state index contributed by atoms with van der Waals surface area (Å²) in [4.78, 5) is 25.2. The van der Waals surface area contributed by atoms with Gasteiger partial charge >= 0.3 is 5.97 Å². The number of ether oxygens (including phenoxy) is 1. The Balaban J connectivity index is 1.45. The molecule has 0 amide bonds. The van der Waals surface area contributed by atoms with E-state index in [4.69, 9.17) is 10.5 Å². The van der Waals surface area contributed by atoms with Crippen LogP contribution < -0.4 is 10.5 Å². The maximum absolute atomic E-state index is 13.0. The maximum Gasteiger partial charge on any atom is 0.343 e. The van der Waals surface area contributed by atoms with Crippen molar-refractivity contribution in [2.24, 2.45) is 5.73 Å². The topological polar surface area (TPSA) is 69.4 Å². The Morgan fingerprint density at radius 1 is 0.774 bits per heavy atom. The van der Waals surface area contributed by atoms with Crippen molar-refractivity contribution in [3.8, 4) is 5.75 Å². The highest BCUT2D eigenvalue weighted by atomic mass is 16.5. The van der Waals surface area contributed by atoms with Gasteiger partial charge in [0.05, 0.1) is 11.5 Å². The summed E-state index contributed by atoms with van der Waals surface area (Å²) in [5.41, 5.74) is 8.20. The number of Topliss-reactive ketones (excluding diaryl/α,β-unsaturated/α-hetero) is 1. The minimum Gasteiger partial charge on any atom is -0.423 e. The maximum atomic E-state index is 13.0. The largest absolute Gasteiger partial charge is 0.423 e. The molecule has 0 saturated heterocycles. The molecule has 0 aliphatic rings. The van der Waals surface area contributed by atoms with Crippen LogP contribution in [-0.4, -0.2) is 18.3 Å². The van der Waals surface area contributed by atoms with Crippen LogP contribution in [0, 0.1) is 0 Å². The molecule has 4 aromatic rings. The highest BCUT2D eigenvalue weighted by Gasteiger charge is 2.20. The molecular formula is C27H23NO3. The zero-order valence-electron chi connectivity index (χ0n) is 17.0. The summed E-state index contributed by atoms with van der Waals surface area (Å²) in [5.74, 6) is -0.344. The summed E-state index contributed by atoms with van der Waals surface area (Å²) in [6, 6.07) is 29.9. The summed E-state index contributed by atoms with van der Waals surface area (Å²) >= 11 is 0. The number of hydrogen-bond donors (Lipinski definition) is 1. The SMILES string of the molecule is NCC(C(=O)Cc1ccc2ccccc2c1)c1ccc(OC(=O)c2ccccc2)cc1. The molecule has 0 aromatic heterocycles. The molecule has 4 aromatic carbocycles. The Kier molecular flexibility index (Phi) is 6.20. The smallest absolute Gasteiger partial charge is 0.343 e. The van der Waals surface area contributed by atoms with Crippen LogP contribution in [0.15, 0.2) is 97.1 Å². The van der Waals surface area contributed by atoms with Gasteiger partial charge in [-0.2, -0.15) is 0 Å². The molecule has 0 aliphatic carbocycles. The Hall–Kier alpha value is -3.76. The number of carbonyl (C=O) groups is 2. The van der Waals surface area contributed by atoms with E-state index >= 15 is 0 Å². The van der Waals surface area contributed by atoms with Gasteiger partial charge in [-0.15, -0.1) is 0 Å². The molecular weight excluding hydrogens is 386 g/mol. The van der Waals surface area contributed by atoms with Crippen molar-refractivity contribution in [2.45, 2.75) is 12.3 Å². The number of nitrogens with two attached hydrogens (primary N) is 1. The van der Waals surface area contributed by atoms with E-state index in [1.165, 1.54) is 0 Å². The van der Waals surface area contributed by atoms with Crippen LogP contribution in [0.5, 0.6) is 5.75 Å². The van der Waals surface area contributed by atoms with E-state index in [9.17, 15) is 9.59 Å². The van der Waals surface area contributed by atoms with E-state index in [-0.39, 0.29) is 12.3 Å². The van der Waals surface area contributed by atoms with Gasteiger partial charge in [0.2, 0.25) is 0 Å². The van der Waals surface area contributed by atoms with E-state index in [2.05, 4.69) is 6.07 Å². The first-order valence-corrected chi connectivity index (χ1v) is 10.2. The average molecular weight is 409 g/mol. The molecule has 0 aliphatic heterocycles. The lowest BCUT2D eigenvalue weighted by atomic mass is 9.90. The molecule has 1 atom stereocenters. The molecule has 4 nitrogen and oxygen atoms in total. The van der Waals surface area contributed by atoms with Crippen molar-refractivity contribution in [3.63, 3.8) is 0 Å². The average Bonchev–Trinajstić information content (AvgIpc) is 2.81. The van der Waals surface area contributed by atoms with E-state index in [0.29, 0.717) is 17.7 Å². The summed E-state index contributed by atoms with van der Waals surface area (Å²) in [5, 5.41) is 2.26. The Bertz CT molecular complexity index is 1200. The molecule has 0 heterocycles. The van der Waals surface area contributed by atoms with Crippen molar-refractivity contribution in [2.75, 3.05) is 6.54 Å². The van der Waals surface area contributed by atoms with Gasteiger partial charge in [-0.25, -0.2) is 4.79 Å². The van der Waals surface area contributed by atoms with Crippen molar-refractivity contribution in [3.05, 3.63) is 114 Å². The minimum absolute atomic E-state index is 0.0619. The lowest BCUT2D eigenvalue weighted by Crippen LogP contribution is -2.23. The first-order chi connectivity index (χ1) is 15.1. The molecule has 4 rings (SSSR count). The van der Waals surface area contributed by atoms with Crippen LogP contribution in [-0.2, 0) is 11.2 Å².